The highest BCUT2D eigenvalue weighted by Crippen LogP contribution is 2.18. The minimum Gasteiger partial charge on any atom is -0.496 e. The first-order valence-corrected chi connectivity index (χ1v) is 5.32. The molecule has 0 aliphatic heterocycles. The summed E-state index contributed by atoms with van der Waals surface area (Å²) in [5.41, 5.74) is 0.590. The number of benzene rings is 1. The van der Waals surface area contributed by atoms with E-state index >= 15 is 0 Å². The topological polar surface area (TPSA) is 63.6 Å². The fourth-order valence-corrected chi connectivity index (χ4v) is 1.28. The summed E-state index contributed by atoms with van der Waals surface area (Å²) in [7, 11) is -2.60. The Labute approximate surface area is 82.6 Å². The molecule has 1 rings (SSSR count). The molecule has 0 heterocycles. The van der Waals surface area contributed by atoms with Gasteiger partial charge in [0.15, 0.2) is 0 Å². The van der Waals surface area contributed by atoms with Crippen LogP contribution < -0.4 is 4.74 Å². The molecule has 0 aliphatic carbocycles. The molecule has 0 saturated carbocycles. The summed E-state index contributed by atoms with van der Waals surface area (Å²) >= 11 is 0. The van der Waals surface area contributed by atoms with E-state index in [-0.39, 0.29) is 0 Å². The predicted octanol–water partition coefficient (Wildman–Crippen LogP) is 1.55. The zero-order valence-electron chi connectivity index (χ0n) is 7.54. The van der Waals surface area contributed by atoms with Crippen LogP contribution in [0.15, 0.2) is 29.7 Å². The van der Waals surface area contributed by atoms with Gasteiger partial charge in [-0.05, 0) is 12.1 Å². The van der Waals surface area contributed by atoms with Gasteiger partial charge in [0, 0.05) is 5.56 Å². The Morgan fingerprint density at radius 2 is 2.00 bits per heavy atom. The Bertz CT molecular complexity index is 434. The van der Waals surface area contributed by atoms with E-state index in [9.17, 15) is 8.42 Å². The number of para-hydroxylation sites is 1. The van der Waals surface area contributed by atoms with E-state index in [0.29, 0.717) is 16.7 Å². The van der Waals surface area contributed by atoms with E-state index in [1.54, 1.807) is 24.3 Å². The maximum absolute atomic E-state index is 10.4. The highest BCUT2D eigenvalue weighted by atomic mass is 32.2. The molecule has 0 spiro atoms. The molecule has 1 N–H and O–H groups in total. The van der Waals surface area contributed by atoms with Gasteiger partial charge in [-0.15, -0.1) is 0 Å². The van der Waals surface area contributed by atoms with Crippen LogP contribution >= 0.6 is 0 Å². The molecular formula is C9H10O4S. The molecule has 76 valence electrons. The number of hydrogen-bond donors (Lipinski definition) is 1. The summed E-state index contributed by atoms with van der Waals surface area (Å²) < 4.78 is 34.3. The summed E-state index contributed by atoms with van der Waals surface area (Å²) in [4.78, 5) is 0. The second-order valence-corrected chi connectivity index (χ2v) is 3.86. The second-order valence-electron chi connectivity index (χ2n) is 2.56. The van der Waals surface area contributed by atoms with Crippen LogP contribution in [0.25, 0.3) is 6.08 Å². The molecule has 5 heteroatoms. The van der Waals surface area contributed by atoms with Crippen LogP contribution in [0.5, 0.6) is 5.75 Å². The van der Waals surface area contributed by atoms with Crippen LogP contribution in [0.4, 0.5) is 0 Å². The van der Waals surface area contributed by atoms with Crippen molar-refractivity contribution in [3.05, 3.63) is 35.2 Å². The van der Waals surface area contributed by atoms with Gasteiger partial charge in [0.1, 0.15) is 5.75 Å². The van der Waals surface area contributed by atoms with E-state index < -0.39 is 10.1 Å². The highest BCUT2D eigenvalue weighted by molar-refractivity contribution is 7.88. The first kappa shape index (κ1) is 10.7. The van der Waals surface area contributed by atoms with Crippen molar-refractivity contribution in [2.45, 2.75) is 0 Å². The third kappa shape index (κ3) is 3.20. The number of ether oxygens (including phenoxy) is 1. The molecule has 0 amide bonds. The molecule has 0 bridgehead atoms. The second kappa shape index (κ2) is 4.26. The van der Waals surface area contributed by atoms with E-state index in [2.05, 4.69) is 0 Å². The van der Waals surface area contributed by atoms with Gasteiger partial charge < -0.3 is 4.74 Å². The van der Waals surface area contributed by atoms with Gasteiger partial charge in [0.2, 0.25) is 0 Å². The molecule has 0 unspecified atom stereocenters. The van der Waals surface area contributed by atoms with Crippen molar-refractivity contribution in [3.8, 4) is 5.75 Å². The molecule has 0 aliphatic rings. The maximum atomic E-state index is 10.4. The Morgan fingerprint density at radius 3 is 2.57 bits per heavy atom. The monoisotopic (exact) mass is 214 g/mol. The van der Waals surface area contributed by atoms with Crippen LogP contribution in [0.3, 0.4) is 0 Å². The van der Waals surface area contributed by atoms with Crippen LogP contribution in [0.1, 0.15) is 5.56 Å². The maximum Gasteiger partial charge on any atom is 0.287 e. The molecule has 14 heavy (non-hydrogen) atoms. The highest BCUT2D eigenvalue weighted by Gasteiger charge is 1.99. The Morgan fingerprint density at radius 1 is 1.36 bits per heavy atom. The standard InChI is InChI=1S/C9H10O4S/c1-13-9-5-3-2-4-8(9)6-7-14(10,11)12/h2-7H,1H3,(H,10,11,12)/b7-6+. The van der Waals surface area contributed by atoms with Gasteiger partial charge in [-0.1, -0.05) is 18.2 Å². The lowest BCUT2D eigenvalue weighted by Gasteiger charge is -2.02. The minimum atomic E-state index is -4.08. The van der Waals surface area contributed by atoms with Crippen LogP contribution in [-0.2, 0) is 10.1 Å². The first-order chi connectivity index (χ1) is 6.53. The van der Waals surface area contributed by atoms with E-state index in [1.165, 1.54) is 13.2 Å². The number of methoxy groups -OCH3 is 1. The molecule has 0 radical (unpaired) electrons. The summed E-state index contributed by atoms with van der Waals surface area (Å²) in [5, 5.41) is 0.713. The van der Waals surface area contributed by atoms with Crippen molar-refractivity contribution in [3.63, 3.8) is 0 Å². The molecule has 0 fully saturated rings. The van der Waals surface area contributed by atoms with E-state index in [1.807, 2.05) is 0 Å². The SMILES string of the molecule is COc1ccccc1/C=C/S(=O)(=O)O. The first-order valence-electron chi connectivity index (χ1n) is 3.81. The average molecular weight is 214 g/mol. The summed E-state index contributed by atoms with van der Waals surface area (Å²) in [6.45, 7) is 0. The number of hydrogen-bond acceptors (Lipinski definition) is 3. The van der Waals surface area contributed by atoms with Crippen molar-refractivity contribution in [2.75, 3.05) is 7.11 Å². The van der Waals surface area contributed by atoms with Gasteiger partial charge >= 0.3 is 0 Å². The van der Waals surface area contributed by atoms with Crippen LogP contribution in [-0.4, -0.2) is 20.1 Å². The lowest BCUT2D eigenvalue weighted by Crippen LogP contribution is -1.90. The van der Waals surface area contributed by atoms with E-state index in [4.69, 9.17) is 9.29 Å². The molecule has 0 aromatic heterocycles. The third-order valence-corrected chi connectivity index (χ3v) is 2.04. The van der Waals surface area contributed by atoms with Crippen molar-refractivity contribution < 1.29 is 17.7 Å². The largest absolute Gasteiger partial charge is 0.496 e. The third-order valence-electron chi connectivity index (χ3n) is 1.56. The Balaban J connectivity index is 3.03. The molecule has 1 aromatic carbocycles. The van der Waals surface area contributed by atoms with Gasteiger partial charge in [-0.2, -0.15) is 8.42 Å². The van der Waals surface area contributed by atoms with Crippen molar-refractivity contribution in [2.24, 2.45) is 0 Å². The zero-order valence-corrected chi connectivity index (χ0v) is 8.36. The van der Waals surface area contributed by atoms with Crippen molar-refractivity contribution >= 4 is 16.2 Å². The van der Waals surface area contributed by atoms with Crippen LogP contribution in [0.2, 0.25) is 0 Å². The van der Waals surface area contributed by atoms with Crippen LogP contribution in [0, 0.1) is 0 Å². The van der Waals surface area contributed by atoms with Gasteiger partial charge in [0.05, 0.1) is 12.5 Å². The summed E-state index contributed by atoms with van der Waals surface area (Å²) in [6.07, 6.45) is 1.27. The van der Waals surface area contributed by atoms with Crippen molar-refractivity contribution in [1.29, 1.82) is 0 Å². The quantitative estimate of drug-likeness (QED) is 0.775. The fourth-order valence-electron chi connectivity index (χ4n) is 0.963. The lowest BCUT2D eigenvalue weighted by molar-refractivity contribution is 0.414. The van der Waals surface area contributed by atoms with Gasteiger partial charge in [-0.25, -0.2) is 0 Å². The van der Waals surface area contributed by atoms with Crippen molar-refractivity contribution in [1.82, 2.24) is 0 Å². The number of rotatable bonds is 3. The van der Waals surface area contributed by atoms with E-state index in [0.717, 1.165) is 0 Å². The minimum absolute atomic E-state index is 0.549. The summed E-state index contributed by atoms with van der Waals surface area (Å²) in [5.74, 6) is 0.549. The predicted molar refractivity (Wildman–Crippen MR) is 53.6 cm³/mol. The summed E-state index contributed by atoms with van der Waals surface area (Å²) in [6, 6.07) is 6.89. The normalized spacial score (nSPS) is 11.9. The van der Waals surface area contributed by atoms with Gasteiger partial charge in [-0.3, -0.25) is 4.55 Å². The molecule has 0 saturated heterocycles. The average Bonchev–Trinajstić information content (AvgIpc) is 2.14. The molecule has 4 nitrogen and oxygen atoms in total. The zero-order chi connectivity index (χ0) is 10.6. The molecule has 0 atom stereocenters. The smallest absolute Gasteiger partial charge is 0.287 e. The lowest BCUT2D eigenvalue weighted by atomic mass is 10.2. The Kier molecular flexibility index (Phi) is 3.27. The molecule has 1 aromatic rings. The van der Waals surface area contributed by atoms with Gasteiger partial charge in [0.25, 0.3) is 10.1 Å². The Hall–Kier alpha value is -1.33. The molecular weight excluding hydrogens is 204 g/mol. The fraction of sp³-hybridized carbons (Fsp3) is 0.111.